The van der Waals surface area contributed by atoms with Gasteiger partial charge in [0.2, 0.25) is 5.78 Å². The van der Waals surface area contributed by atoms with E-state index in [4.69, 9.17) is 30.6 Å². The number of imidazole rings is 1. The SMILES string of the molecule is CCn1ccc2cc(-c3c[nH]c([C@@H](N)CCCCCC(=O)c4ncco4)n3)ccc2c1=O.O=C(O)[C@H](O)[C@@H](O)C(=O)O. The lowest BCUT2D eigenvalue weighted by molar-refractivity contribution is -0.165. The number of rotatable bonds is 13. The van der Waals surface area contributed by atoms with Gasteiger partial charge in [-0.3, -0.25) is 9.59 Å². The summed E-state index contributed by atoms with van der Waals surface area (Å²) in [6.45, 7) is 2.60. The maximum atomic E-state index is 12.4. The van der Waals surface area contributed by atoms with Gasteiger partial charge in [-0.2, -0.15) is 0 Å². The Kier molecular flexibility index (Phi) is 11.2. The van der Waals surface area contributed by atoms with Crippen molar-refractivity contribution in [2.75, 3.05) is 0 Å². The quantitative estimate of drug-likeness (QED) is 0.0980. The van der Waals surface area contributed by atoms with E-state index in [0.29, 0.717) is 18.4 Å². The molecule has 0 radical (unpaired) electrons. The number of carboxylic acid groups (broad SMARTS) is 2. The van der Waals surface area contributed by atoms with E-state index in [2.05, 4.69) is 15.0 Å². The average Bonchev–Trinajstić information content (AvgIpc) is 3.70. The number of benzene rings is 1. The summed E-state index contributed by atoms with van der Waals surface area (Å²) in [4.78, 5) is 55.6. The molecule has 0 bridgehead atoms. The highest BCUT2D eigenvalue weighted by atomic mass is 16.4. The van der Waals surface area contributed by atoms with Crippen molar-refractivity contribution in [1.29, 1.82) is 0 Å². The Labute approximate surface area is 239 Å². The van der Waals surface area contributed by atoms with Gasteiger partial charge >= 0.3 is 11.9 Å². The third-order valence-electron chi connectivity index (χ3n) is 6.46. The molecule has 0 saturated carbocycles. The van der Waals surface area contributed by atoms with Crippen LogP contribution in [0, 0.1) is 0 Å². The van der Waals surface area contributed by atoms with Crippen LogP contribution in [-0.4, -0.2) is 69.9 Å². The smallest absolute Gasteiger partial charge is 0.335 e. The van der Waals surface area contributed by atoms with Crippen molar-refractivity contribution in [2.45, 2.75) is 63.8 Å². The van der Waals surface area contributed by atoms with E-state index in [1.165, 1.54) is 12.5 Å². The van der Waals surface area contributed by atoms with Gasteiger partial charge in [-0.05, 0) is 43.4 Å². The molecule has 0 aliphatic heterocycles. The first-order valence-electron chi connectivity index (χ1n) is 13.2. The van der Waals surface area contributed by atoms with E-state index < -0.39 is 24.1 Å². The molecule has 4 rings (SSSR count). The molecule has 224 valence electrons. The number of carboxylic acids is 2. The van der Waals surface area contributed by atoms with Crippen molar-refractivity contribution in [3.8, 4) is 11.3 Å². The molecule has 0 aliphatic rings. The molecule has 0 fully saturated rings. The maximum Gasteiger partial charge on any atom is 0.335 e. The zero-order chi connectivity index (χ0) is 30.8. The maximum absolute atomic E-state index is 12.4. The number of Topliss-reactive ketones (excluding diaryl/α,β-unsaturated/α-hetero) is 1. The number of fused-ring (bicyclic) bond motifs is 1. The van der Waals surface area contributed by atoms with Crippen LogP contribution in [0.15, 0.2) is 58.3 Å². The van der Waals surface area contributed by atoms with Crippen LogP contribution in [0.25, 0.3) is 22.0 Å². The molecule has 0 amide bonds. The Bertz CT molecular complexity index is 1540. The number of ketones is 1. The molecule has 14 nitrogen and oxygen atoms in total. The molecular formula is C28H33N5O9. The molecule has 7 N–H and O–H groups in total. The number of aliphatic carboxylic acids is 2. The summed E-state index contributed by atoms with van der Waals surface area (Å²) in [7, 11) is 0. The number of aromatic amines is 1. The van der Waals surface area contributed by atoms with Gasteiger partial charge in [0.05, 0.1) is 17.9 Å². The van der Waals surface area contributed by atoms with Gasteiger partial charge in [0.15, 0.2) is 12.2 Å². The molecule has 0 saturated heterocycles. The summed E-state index contributed by atoms with van der Waals surface area (Å²) in [5.41, 5.74) is 8.07. The molecule has 3 atom stereocenters. The van der Waals surface area contributed by atoms with Gasteiger partial charge in [0.25, 0.3) is 11.4 Å². The number of aryl methyl sites for hydroxylation is 1. The van der Waals surface area contributed by atoms with Gasteiger partial charge in [-0.15, -0.1) is 0 Å². The largest absolute Gasteiger partial charge is 0.479 e. The summed E-state index contributed by atoms with van der Waals surface area (Å²) in [5.74, 6) is -2.70. The van der Waals surface area contributed by atoms with Crippen LogP contribution in [-0.2, 0) is 16.1 Å². The summed E-state index contributed by atoms with van der Waals surface area (Å²) < 4.78 is 6.71. The predicted octanol–water partition coefficient (Wildman–Crippen LogP) is 2.11. The van der Waals surface area contributed by atoms with Crippen LogP contribution in [0.3, 0.4) is 0 Å². The van der Waals surface area contributed by atoms with Gasteiger partial charge in [0.1, 0.15) is 12.1 Å². The summed E-state index contributed by atoms with van der Waals surface area (Å²) in [5, 5.41) is 34.1. The van der Waals surface area contributed by atoms with E-state index in [1.54, 1.807) is 4.57 Å². The summed E-state index contributed by atoms with van der Waals surface area (Å²) in [6, 6.07) is 7.50. The first-order valence-corrected chi connectivity index (χ1v) is 13.2. The zero-order valence-corrected chi connectivity index (χ0v) is 22.8. The minimum atomic E-state index is -2.27. The fraction of sp³-hybridized carbons (Fsp3) is 0.357. The number of aliphatic hydroxyl groups is 2. The fourth-order valence-electron chi connectivity index (χ4n) is 4.07. The molecular weight excluding hydrogens is 550 g/mol. The zero-order valence-electron chi connectivity index (χ0n) is 22.8. The van der Waals surface area contributed by atoms with Gasteiger partial charge in [-0.25, -0.2) is 19.6 Å². The number of hydrogen-bond acceptors (Lipinski definition) is 10. The van der Waals surface area contributed by atoms with Crippen LogP contribution >= 0.6 is 0 Å². The van der Waals surface area contributed by atoms with Crippen molar-refractivity contribution in [3.05, 3.63) is 71.2 Å². The fourth-order valence-corrected chi connectivity index (χ4v) is 4.07. The number of nitrogens with two attached hydrogens (primary N) is 1. The first kappa shape index (κ1) is 31.9. The van der Waals surface area contributed by atoms with Crippen LogP contribution in [0.1, 0.15) is 61.6 Å². The Balaban J connectivity index is 0.000000416. The normalized spacial score (nSPS) is 13.1. The summed E-state index contributed by atoms with van der Waals surface area (Å²) >= 11 is 0. The Morgan fingerprint density at radius 3 is 2.40 bits per heavy atom. The average molecular weight is 584 g/mol. The second-order valence-electron chi connectivity index (χ2n) is 9.41. The van der Waals surface area contributed by atoms with Gasteiger partial charge < -0.3 is 40.1 Å². The number of nitrogens with one attached hydrogen (secondary N) is 1. The lowest BCUT2D eigenvalue weighted by Crippen LogP contribution is -2.39. The number of pyridine rings is 1. The minimum absolute atomic E-state index is 0.0170. The van der Waals surface area contributed by atoms with Crippen LogP contribution in [0.5, 0.6) is 0 Å². The van der Waals surface area contributed by atoms with Crippen LogP contribution in [0.4, 0.5) is 0 Å². The van der Waals surface area contributed by atoms with E-state index >= 15 is 0 Å². The van der Waals surface area contributed by atoms with E-state index in [0.717, 1.165) is 48.2 Å². The number of unbranched alkanes of at least 4 members (excludes halogenated alkanes) is 2. The molecule has 42 heavy (non-hydrogen) atoms. The highest BCUT2D eigenvalue weighted by Crippen LogP contribution is 2.24. The van der Waals surface area contributed by atoms with Crippen molar-refractivity contribution in [2.24, 2.45) is 5.73 Å². The molecule has 14 heteroatoms. The number of H-pyrrole nitrogens is 1. The molecule has 1 aromatic carbocycles. The third kappa shape index (κ3) is 8.19. The second-order valence-corrected chi connectivity index (χ2v) is 9.41. The highest BCUT2D eigenvalue weighted by Gasteiger charge is 2.29. The Hall–Kier alpha value is -4.66. The van der Waals surface area contributed by atoms with E-state index in [-0.39, 0.29) is 23.3 Å². The molecule has 3 heterocycles. The standard InChI is InChI=1S/C24H27N5O3.C4H6O6/c1-2-29-12-10-16-14-17(8-9-18(16)24(29)31)20-15-27-22(28-20)19(25)6-4-3-5-7-21(30)23-26-11-13-32-23;5-1(3(7)8)2(6)4(9)10/h8-15,19H,2-7,25H2,1H3,(H,27,28);1-2,5-6H,(H,7,8)(H,9,10)/t19-;1-,2-/m01/s1. The van der Waals surface area contributed by atoms with Gasteiger partial charge in [0, 0.05) is 36.3 Å². The van der Waals surface area contributed by atoms with Crippen LogP contribution in [0.2, 0.25) is 0 Å². The van der Waals surface area contributed by atoms with E-state index in [1.807, 2.05) is 43.6 Å². The second kappa shape index (κ2) is 14.8. The molecule has 3 aromatic heterocycles. The van der Waals surface area contributed by atoms with Gasteiger partial charge in [-0.1, -0.05) is 18.9 Å². The molecule has 4 aromatic rings. The van der Waals surface area contributed by atoms with Crippen LogP contribution < -0.4 is 11.3 Å². The number of hydrogen-bond donors (Lipinski definition) is 6. The number of oxazole rings is 1. The molecule has 0 aliphatic carbocycles. The topological polar surface area (TPSA) is 235 Å². The number of aromatic nitrogens is 4. The number of aliphatic hydroxyl groups excluding tert-OH is 2. The monoisotopic (exact) mass is 583 g/mol. The molecule has 0 spiro atoms. The van der Waals surface area contributed by atoms with Crippen molar-refractivity contribution in [3.63, 3.8) is 0 Å². The van der Waals surface area contributed by atoms with E-state index in [9.17, 15) is 19.2 Å². The number of carbonyl (C=O) groups is 3. The summed E-state index contributed by atoms with van der Waals surface area (Å²) in [6.07, 6.45) is 5.78. The Morgan fingerprint density at radius 1 is 1.07 bits per heavy atom. The third-order valence-corrected chi connectivity index (χ3v) is 6.46. The predicted molar refractivity (Wildman–Crippen MR) is 150 cm³/mol. The number of carbonyl (C=O) groups excluding carboxylic acids is 1. The lowest BCUT2D eigenvalue weighted by atomic mass is 10.1. The van der Waals surface area contributed by atoms with Crippen molar-refractivity contribution in [1.82, 2.24) is 19.5 Å². The first-order chi connectivity index (χ1) is 20.0. The van der Waals surface area contributed by atoms with Crippen molar-refractivity contribution >= 4 is 28.5 Å². The van der Waals surface area contributed by atoms with Crippen molar-refractivity contribution < 1.29 is 39.2 Å². The number of nitrogens with zero attached hydrogens (tertiary/aromatic N) is 3. The minimum Gasteiger partial charge on any atom is -0.479 e. The highest BCUT2D eigenvalue weighted by molar-refractivity contribution is 5.91. The Morgan fingerprint density at radius 2 is 1.79 bits per heavy atom. The molecule has 0 unspecified atom stereocenters. The lowest BCUT2D eigenvalue weighted by Gasteiger charge is -2.08.